The summed E-state index contributed by atoms with van der Waals surface area (Å²) in [5.74, 6) is -2.05. The summed E-state index contributed by atoms with van der Waals surface area (Å²) in [4.78, 5) is 11.4. The normalized spacial score (nSPS) is 13.3. The van der Waals surface area contributed by atoms with Crippen LogP contribution < -0.4 is 4.74 Å². The average Bonchev–Trinajstić information content (AvgIpc) is 2.51. The Bertz CT molecular complexity index is 816. The maximum Gasteiger partial charge on any atom is 0.416 e. The van der Waals surface area contributed by atoms with Crippen LogP contribution in [-0.2, 0) is 17.1 Å². The minimum atomic E-state index is -4.70. The van der Waals surface area contributed by atoms with Gasteiger partial charge in [-0.2, -0.15) is 26.3 Å². The predicted octanol–water partition coefficient (Wildman–Crippen LogP) is 5.58. The lowest BCUT2D eigenvalue weighted by Crippen LogP contribution is -2.19. The number of carboxylic acids is 1. The van der Waals surface area contributed by atoms with E-state index in [0.717, 1.165) is 24.3 Å². The number of halogens is 7. The van der Waals surface area contributed by atoms with E-state index in [9.17, 15) is 36.2 Å². The second kappa shape index (κ2) is 7.06. The highest BCUT2D eigenvalue weighted by Crippen LogP contribution is 2.37. The van der Waals surface area contributed by atoms with E-state index >= 15 is 0 Å². The van der Waals surface area contributed by atoms with Crippen molar-refractivity contribution >= 4 is 17.6 Å². The highest BCUT2D eigenvalue weighted by atomic mass is 35.5. The first-order chi connectivity index (χ1) is 11.9. The van der Waals surface area contributed by atoms with Gasteiger partial charge in [-0.05, 0) is 30.3 Å². The molecule has 3 nitrogen and oxygen atoms in total. The van der Waals surface area contributed by atoms with E-state index in [2.05, 4.69) is 0 Å². The topological polar surface area (TPSA) is 46.5 Å². The minimum absolute atomic E-state index is 0.344. The standard InChI is InChI=1S/C16H9ClF6O3/c17-11-7-10(16(21,22)23)4-5-12(11)26-13(14(24)25)8-2-1-3-9(6-8)15(18,19)20/h1-7,13H,(H,24,25). The lowest BCUT2D eigenvalue weighted by atomic mass is 10.1. The van der Waals surface area contributed by atoms with Gasteiger partial charge >= 0.3 is 18.3 Å². The van der Waals surface area contributed by atoms with Crippen LogP contribution in [0, 0.1) is 0 Å². The molecule has 0 aromatic heterocycles. The van der Waals surface area contributed by atoms with E-state index in [1.807, 2.05) is 0 Å². The van der Waals surface area contributed by atoms with Crippen LogP contribution in [0.2, 0.25) is 5.02 Å². The fraction of sp³-hybridized carbons (Fsp3) is 0.188. The quantitative estimate of drug-likeness (QED) is 0.684. The highest BCUT2D eigenvalue weighted by Gasteiger charge is 2.33. The Morgan fingerprint density at radius 2 is 1.54 bits per heavy atom. The van der Waals surface area contributed by atoms with Gasteiger partial charge in [0.15, 0.2) is 0 Å². The molecule has 10 heteroatoms. The van der Waals surface area contributed by atoms with Crippen molar-refractivity contribution in [2.75, 3.05) is 0 Å². The number of hydrogen-bond acceptors (Lipinski definition) is 2. The largest absolute Gasteiger partial charge is 0.478 e. The molecule has 0 saturated carbocycles. The summed E-state index contributed by atoms with van der Waals surface area (Å²) in [6, 6.07) is 5.35. The fourth-order valence-corrected chi connectivity index (χ4v) is 2.26. The number of ether oxygens (including phenoxy) is 1. The number of benzene rings is 2. The monoisotopic (exact) mass is 398 g/mol. The van der Waals surface area contributed by atoms with E-state index in [1.165, 1.54) is 0 Å². The Balaban J connectivity index is 2.37. The molecule has 0 aliphatic carbocycles. The van der Waals surface area contributed by atoms with Crippen molar-refractivity contribution in [1.82, 2.24) is 0 Å². The molecule has 0 saturated heterocycles. The number of hydrogen-bond donors (Lipinski definition) is 1. The fourth-order valence-electron chi connectivity index (χ4n) is 2.04. The second-order valence-corrected chi connectivity index (χ2v) is 5.51. The first-order valence-electron chi connectivity index (χ1n) is 6.83. The van der Waals surface area contributed by atoms with Crippen molar-refractivity contribution in [1.29, 1.82) is 0 Å². The summed E-state index contributed by atoms with van der Waals surface area (Å²) in [7, 11) is 0. The molecule has 26 heavy (non-hydrogen) atoms. The lowest BCUT2D eigenvalue weighted by molar-refractivity contribution is -0.146. The van der Waals surface area contributed by atoms with E-state index in [0.29, 0.717) is 18.2 Å². The Morgan fingerprint density at radius 3 is 2.04 bits per heavy atom. The minimum Gasteiger partial charge on any atom is -0.478 e. The highest BCUT2D eigenvalue weighted by molar-refractivity contribution is 6.32. The Hall–Kier alpha value is -2.42. The third-order valence-corrected chi connectivity index (χ3v) is 3.54. The molecular formula is C16H9ClF6O3. The molecule has 0 bridgehead atoms. The SMILES string of the molecule is O=C(O)C(Oc1ccc(C(F)(F)F)cc1Cl)c1cccc(C(F)(F)F)c1. The number of rotatable bonds is 4. The van der Waals surface area contributed by atoms with Gasteiger partial charge in [0.25, 0.3) is 0 Å². The summed E-state index contributed by atoms with van der Waals surface area (Å²) >= 11 is 5.68. The van der Waals surface area contributed by atoms with Gasteiger partial charge in [-0.1, -0.05) is 23.7 Å². The molecule has 2 rings (SSSR count). The van der Waals surface area contributed by atoms with Crippen LogP contribution >= 0.6 is 11.6 Å². The lowest BCUT2D eigenvalue weighted by Gasteiger charge is -2.18. The van der Waals surface area contributed by atoms with Gasteiger partial charge in [-0.25, -0.2) is 4.79 Å². The number of carbonyl (C=O) groups is 1. The summed E-state index contributed by atoms with van der Waals surface area (Å²) in [6.45, 7) is 0. The number of aliphatic carboxylic acids is 1. The molecule has 0 fully saturated rings. The molecule has 1 N–H and O–H groups in total. The van der Waals surface area contributed by atoms with Gasteiger partial charge in [-0.3, -0.25) is 0 Å². The van der Waals surface area contributed by atoms with Crippen LogP contribution in [0.1, 0.15) is 22.8 Å². The first-order valence-corrected chi connectivity index (χ1v) is 7.21. The third kappa shape index (κ3) is 4.60. The van der Waals surface area contributed by atoms with Crippen LogP contribution in [0.4, 0.5) is 26.3 Å². The number of carboxylic acid groups (broad SMARTS) is 1. The van der Waals surface area contributed by atoms with Crippen molar-refractivity contribution in [3.8, 4) is 5.75 Å². The van der Waals surface area contributed by atoms with Gasteiger partial charge in [0, 0.05) is 5.56 Å². The van der Waals surface area contributed by atoms with Gasteiger partial charge in [0.1, 0.15) is 5.75 Å². The zero-order chi connectivity index (χ0) is 19.7. The van der Waals surface area contributed by atoms with Crippen molar-refractivity contribution in [3.05, 3.63) is 64.2 Å². The van der Waals surface area contributed by atoms with Gasteiger partial charge in [0.05, 0.1) is 16.1 Å². The van der Waals surface area contributed by atoms with Crippen molar-refractivity contribution < 1.29 is 41.0 Å². The van der Waals surface area contributed by atoms with E-state index < -0.39 is 46.3 Å². The van der Waals surface area contributed by atoms with Gasteiger partial charge in [0.2, 0.25) is 6.10 Å². The van der Waals surface area contributed by atoms with Gasteiger partial charge < -0.3 is 9.84 Å². The molecule has 2 aromatic carbocycles. The Labute approximate surface area is 147 Å². The summed E-state index contributed by atoms with van der Waals surface area (Å²) < 4.78 is 81.2. The van der Waals surface area contributed by atoms with Gasteiger partial charge in [-0.15, -0.1) is 0 Å². The van der Waals surface area contributed by atoms with Crippen LogP contribution in [0.3, 0.4) is 0 Å². The zero-order valence-electron chi connectivity index (χ0n) is 12.5. The predicted molar refractivity (Wildman–Crippen MR) is 78.9 cm³/mol. The van der Waals surface area contributed by atoms with Crippen LogP contribution in [0.5, 0.6) is 5.75 Å². The van der Waals surface area contributed by atoms with Crippen LogP contribution in [-0.4, -0.2) is 11.1 Å². The molecule has 0 heterocycles. The summed E-state index contributed by atoms with van der Waals surface area (Å²) in [5, 5.41) is 8.70. The molecule has 140 valence electrons. The van der Waals surface area contributed by atoms with Crippen LogP contribution in [0.25, 0.3) is 0 Å². The molecule has 1 atom stereocenters. The summed E-state index contributed by atoms with van der Waals surface area (Å²) in [6.07, 6.45) is -11.3. The van der Waals surface area contributed by atoms with E-state index in [-0.39, 0.29) is 5.56 Å². The van der Waals surface area contributed by atoms with Crippen molar-refractivity contribution in [3.63, 3.8) is 0 Å². The number of alkyl halides is 6. The van der Waals surface area contributed by atoms with Crippen molar-refractivity contribution in [2.24, 2.45) is 0 Å². The van der Waals surface area contributed by atoms with Crippen LogP contribution in [0.15, 0.2) is 42.5 Å². The molecule has 0 amide bonds. The second-order valence-electron chi connectivity index (χ2n) is 5.10. The maximum atomic E-state index is 12.8. The maximum absolute atomic E-state index is 12.8. The Kier molecular flexibility index (Phi) is 5.41. The van der Waals surface area contributed by atoms with Crippen molar-refractivity contribution in [2.45, 2.75) is 18.5 Å². The first kappa shape index (κ1) is 19.9. The molecular weight excluding hydrogens is 390 g/mol. The van der Waals surface area contributed by atoms with E-state index in [4.69, 9.17) is 16.3 Å². The summed E-state index contributed by atoms with van der Waals surface area (Å²) in [5.41, 5.74) is -2.52. The molecule has 2 aromatic rings. The molecule has 0 radical (unpaired) electrons. The molecule has 0 aliphatic rings. The molecule has 0 spiro atoms. The molecule has 0 aliphatic heterocycles. The molecule has 1 unspecified atom stereocenters. The average molecular weight is 399 g/mol. The Morgan fingerprint density at radius 1 is 0.962 bits per heavy atom. The van der Waals surface area contributed by atoms with E-state index in [1.54, 1.807) is 0 Å². The smallest absolute Gasteiger partial charge is 0.416 e. The third-order valence-electron chi connectivity index (χ3n) is 3.25. The zero-order valence-corrected chi connectivity index (χ0v) is 13.3.